The van der Waals surface area contributed by atoms with Gasteiger partial charge in [0.2, 0.25) is 0 Å². The Morgan fingerprint density at radius 1 is 0.903 bits per heavy atom. The van der Waals surface area contributed by atoms with Crippen LogP contribution < -0.4 is 0 Å². The van der Waals surface area contributed by atoms with Crippen molar-refractivity contribution >= 4 is 11.9 Å². The average molecular weight is 406 g/mol. The molecule has 0 atom stereocenters. The number of rotatable bonds is 3. The lowest BCUT2D eigenvalue weighted by Gasteiger charge is -2.26. The van der Waals surface area contributed by atoms with E-state index in [1.54, 1.807) is 12.4 Å². The summed E-state index contributed by atoms with van der Waals surface area (Å²) in [4.78, 5) is 25.4. The Balaban J connectivity index is 1.66. The first-order valence-corrected chi connectivity index (χ1v) is 10.2. The first kappa shape index (κ1) is 19.1. The van der Waals surface area contributed by atoms with Crippen molar-refractivity contribution in [1.29, 1.82) is 0 Å². The highest BCUT2D eigenvalue weighted by molar-refractivity contribution is 6.05. The van der Waals surface area contributed by atoms with Gasteiger partial charge in [0.1, 0.15) is 11.5 Å². The third-order valence-corrected chi connectivity index (χ3v) is 5.54. The summed E-state index contributed by atoms with van der Waals surface area (Å²) in [5.41, 5.74) is 4.97. The largest absolute Gasteiger partial charge is 0.336 e. The van der Waals surface area contributed by atoms with Crippen LogP contribution in [0.1, 0.15) is 19.5 Å². The molecular formula is C25H22N6. The number of likely N-dealkylation sites (N-methyl/N-ethyl adjacent to an activating group) is 1. The van der Waals surface area contributed by atoms with E-state index in [4.69, 9.17) is 15.0 Å². The lowest BCUT2D eigenvalue weighted by atomic mass is 9.81. The lowest BCUT2D eigenvalue weighted by Crippen LogP contribution is -2.27. The molecule has 5 heterocycles. The van der Waals surface area contributed by atoms with E-state index in [9.17, 15) is 0 Å². The number of hydrogen-bond acceptors (Lipinski definition) is 6. The standard InChI is InChI=1S/C25H22N6/c1-25(2)18-9-8-14-31(3)24(18)30-22(25)16-17-15-21(19-10-4-6-12-26-19)29-23(28-17)20-11-5-7-13-27-20/h4-16H,1-3H3/b22-16-. The first-order chi connectivity index (χ1) is 15.0. The van der Waals surface area contributed by atoms with E-state index in [-0.39, 0.29) is 5.41 Å². The van der Waals surface area contributed by atoms with Crippen molar-refractivity contribution in [3.63, 3.8) is 0 Å². The second kappa shape index (κ2) is 7.40. The van der Waals surface area contributed by atoms with Gasteiger partial charge in [-0.2, -0.15) is 0 Å². The molecule has 0 saturated heterocycles. The molecule has 0 aliphatic carbocycles. The number of amidine groups is 1. The SMILES string of the molecule is CN1C=CC=C2C1=N/C(=C\c1cc(-c3ccccn3)nc(-c3ccccn3)n1)C2(C)C. The van der Waals surface area contributed by atoms with Gasteiger partial charge in [0, 0.05) is 36.6 Å². The van der Waals surface area contributed by atoms with Crippen LogP contribution in [0.25, 0.3) is 29.0 Å². The van der Waals surface area contributed by atoms with Gasteiger partial charge in [-0.1, -0.05) is 32.1 Å². The molecule has 0 bridgehead atoms. The number of aliphatic imine (C=N–C) groups is 1. The van der Waals surface area contributed by atoms with Crippen LogP contribution in [-0.4, -0.2) is 37.7 Å². The van der Waals surface area contributed by atoms with E-state index in [1.165, 1.54) is 5.57 Å². The van der Waals surface area contributed by atoms with E-state index >= 15 is 0 Å². The number of allylic oxidation sites excluding steroid dienone is 3. The number of pyridine rings is 2. The fourth-order valence-corrected chi connectivity index (χ4v) is 3.77. The number of aromatic nitrogens is 4. The van der Waals surface area contributed by atoms with E-state index in [1.807, 2.05) is 61.8 Å². The van der Waals surface area contributed by atoms with E-state index in [2.05, 4.69) is 40.9 Å². The van der Waals surface area contributed by atoms with Crippen LogP contribution in [0.3, 0.4) is 0 Å². The third kappa shape index (κ3) is 3.46. The Labute approximate surface area is 181 Å². The zero-order valence-electron chi connectivity index (χ0n) is 17.7. The van der Waals surface area contributed by atoms with Crippen molar-refractivity contribution in [3.05, 3.63) is 90.2 Å². The molecule has 0 fully saturated rings. The quantitative estimate of drug-likeness (QED) is 0.627. The van der Waals surface area contributed by atoms with Gasteiger partial charge in [-0.15, -0.1) is 0 Å². The van der Waals surface area contributed by atoms with Crippen molar-refractivity contribution in [1.82, 2.24) is 24.8 Å². The Hall–Kier alpha value is -3.93. The van der Waals surface area contributed by atoms with Crippen LogP contribution >= 0.6 is 0 Å². The van der Waals surface area contributed by atoms with Crippen LogP contribution in [-0.2, 0) is 0 Å². The fourth-order valence-electron chi connectivity index (χ4n) is 3.77. The number of nitrogens with zero attached hydrogens (tertiary/aromatic N) is 6. The van der Waals surface area contributed by atoms with E-state index in [0.717, 1.165) is 34.3 Å². The molecule has 6 nitrogen and oxygen atoms in total. The van der Waals surface area contributed by atoms with Gasteiger partial charge in [0.25, 0.3) is 0 Å². The van der Waals surface area contributed by atoms with Crippen molar-refractivity contribution in [2.45, 2.75) is 13.8 Å². The molecule has 0 amide bonds. The zero-order valence-corrected chi connectivity index (χ0v) is 17.7. The summed E-state index contributed by atoms with van der Waals surface area (Å²) >= 11 is 0. The van der Waals surface area contributed by atoms with Crippen molar-refractivity contribution in [2.75, 3.05) is 7.05 Å². The molecule has 0 saturated carbocycles. The fraction of sp³-hybridized carbons (Fsp3) is 0.160. The maximum atomic E-state index is 4.94. The minimum Gasteiger partial charge on any atom is -0.336 e. The monoisotopic (exact) mass is 406 g/mol. The van der Waals surface area contributed by atoms with Gasteiger partial charge in [-0.3, -0.25) is 9.97 Å². The minimum atomic E-state index is -0.227. The molecule has 0 radical (unpaired) electrons. The molecular weight excluding hydrogens is 384 g/mol. The van der Waals surface area contributed by atoms with Crippen LogP contribution in [0.5, 0.6) is 0 Å². The average Bonchev–Trinajstić information content (AvgIpc) is 3.06. The molecule has 2 aliphatic heterocycles. The summed E-state index contributed by atoms with van der Waals surface area (Å²) in [6, 6.07) is 13.5. The van der Waals surface area contributed by atoms with Crippen LogP contribution in [0.4, 0.5) is 0 Å². The molecule has 0 unspecified atom stereocenters. The van der Waals surface area contributed by atoms with Gasteiger partial charge in [-0.05, 0) is 42.5 Å². The molecule has 0 aromatic carbocycles. The predicted molar refractivity (Wildman–Crippen MR) is 123 cm³/mol. The van der Waals surface area contributed by atoms with Gasteiger partial charge in [-0.25, -0.2) is 15.0 Å². The van der Waals surface area contributed by atoms with Crippen LogP contribution in [0.2, 0.25) is 0 Å². The van der Waals surface area contributed by atoms with E-state index in [0.29, 0.717) is 5.82 Å². The van der Waals surface area contributed by atoms with Gasteiger partial charge in [0.05, 0.1) is 22.8 Å². The Morgan fingerprint density at radius 3 is 2.32 bits per heavy atom. The van der Waals surface area contributed by atoms with E-state index < -0.39 is 0 Å². The highest BCUT2D eigenvalue weighted by Gasteiger charge is 2.39. The Bertz CT molecular complexity index is 1200. The lowest BCUT2D eigenvalue weighted by molar-refractivity contribution is 0.566. The highest BCUT2D eigenvalue weighted by atomic mass is 15.2. The van der Waals surface area contributed by atoms with Gasteiger partial charge in [0.15, 0.2) is 5.82 Å². The molecule has 3 aromatic heterocycles. The molecule has 152 valence electrons. The van der Waals surface area contributed by atoms with Gasteiger partial charge >= 0.3 is 0 Å². The predicted octanol–water partition coefficient (Wildman–Crippen LogP) is 4.77. The van der Waals surface area contributed by atoms with Crippen molar-refractivity contribution in [3.8, 4) is 22.9 Å². The Kier molecular flexibility index (Phi) is 4.55. The van der Waals surface area contributed by atoms with Crippen molar-refractivity contribution in [2.24, 2.45) is 10.4 Å². The maximum absolute atomic E-state index is 4.94. The second-order valence-corrected chi connectivity index (χ2v) is 8.05. The molecule has 31 heavy (non-hydrogen) atoms. The minimum absolute atomic E-state index is 0.227. The molecule has 0 N–H and O–H groups in total. The summed E-state index contributed by atoms with van der Waals surface area (Å²) in [5, 5.41) is 0. The summed E-state index contributed by atoms with van der Waals surface area (Å²) in [5.74, 6) is 1.54. The molecule has 3 aromatic rings. The first-order valence-electron chi connectivity index (χ1n) is 10.2. The summed E-state index contributed by atoms with van der Waals surface area (Å²) in [6.07, 6.45) is 11.8. The van der Waals surface area contributed by atoms with Crippen LogP contribution in [0, 0.1) is 5.41 Å². The summed E-state index contributed by atoms with van der Waals surface area (Å²) in [7, 11) is 2.02. The van der Waals surface area contributed by atoms with Crippen molar-refractivity contribution < 1.29 is 0 Å². The third-order valence-electron chi connectivity index (χ3n) is 5.54. The second-order valence-electron chi connectivity index (χ2n) is 8.05. The topological polar surface area (TPSA) is 67.2 Å². The molecule has 2 aliphatic rings. The highest BCUT2D eigenvalue weighted by Crippen LogP contribution is 2.44. The number of hydrogen-bond donors (Lipinski definition) is 0. The van der Waals surface area contributed by atoms with Crippen LogP contribution in [0.15, 0.2) is 89.5 Å². The van der Waals surface area contributed by atoms with Gasteiger partial charge < -0.3 is 4.90 Å². The summed E-state index contributed by atoms with van der Waals surface area (Å²) in [6.45, 7) is 4.38. The smallest absolute Gasteiger partial charge is 0.179 e. The maximum Gasteiger partial charge on any atom is 0.179 e. The number of fused-ring (bicyclic) bond motifs is 1. The normalized spacial score (nSPS) is 18.0. The Morgan fingerprint density at radius 2 is 1.65 bits per heavy atom. The summed E-state index contributed by atoms with van der Waals surface area (Å²) < 4.78 is 0. The molecule has 5 rings (SSSR count). The molecule has 6 heteroatoms. The molecule has 0 spiro atoms. The zero-order chi connectivity index (χ0) is 21.4.